The number of aryl methyl sites for hydroxylation is 1. The van der Waals surface area contributed by atoms with Crippen LogP contribution in [-0.4, -0.2) is 80.8 Å². The lowest BCUT2D eigenvalue weighted by Crippen LogP contribution is -2.64. The van der Waals surface area contributed by atoms with Crippen molar-refractivity contribution in [2.24, 2.45) is 28.2 Å². The number of piperazine rings is 1. The average Bonchev–Trinajstić information content (AvgIpc) is 3.09. The van der Waals surface area contributed by atoms with E-state index in [1.54, 1.807) is 10.6 Å². The number of hydrogen-bond acceptors (Lipinski definition) is 7. The molecular weight excluding hydrogens is 683 g/mol. The van der Waals surface area contributed by atoms with Crippen molar-refractivity contribution in [1.82, 2.24) is 24.7 Å². The Labute approximate surface area is 311 Å². The molecule has 5 aliphatic rings. The number of nitrogens with one attached hydrogen (secondary N) is 1. The Hall–Kier alpha value is -3.52. The molecule has 2 aromatic carbocycles. The van der Waals surface area contributed by atoms with Crippen LogP contribution in [0.2, 0.25) is 10.0 Å². The Bertz CT molecular complexity index is 1900. The van der Waals surface area contributed by atoms with Gasteiger partial charge in [0.1, 0.15) is 0 Å². The maximum Gasteiger partial charge on any atom is 0.262 e. The minimum atomic E-state index is -0.356. The molecular formula is C39H50Cl2N8O2. The molecule has 3 saturated carbocycles. The lowest BCUT2D eigenvalue weighted by atomic mass is 9.45. The monoisotopic (exact) mass is 732 g/mol. The number of fused-ring (bicyclic) bond motifs is 3. The Morgan fingerprint density at radius 3 is 2.45 bits per heavy atom. The second-order valence-corrected chi connectivity index (χ2v) is 16.9. The first kappa shape index (κ1) is 35.9. The maximum atomic E-state index is 14.2. The highest BCUT2D eigenvalue weighted by Crippen LogP contribution is 2.61. The van der Waals surface area contributed by atoms with Crippen LogP contribution in [-0.2, 0) is 13.0 Å². The number of aliphatic imine (C=N–C) groups is 1. The summed E-state index contributed by atoms with van der Waals surface area (Å²) in [5.74, 6) is 3.30. The summed E-state index contributed by atoms with van der Waals surface area (Å²) in [6.45, 7) is 14.4. The van der Waals surface area contributed by atoms with Gasteiger partial charge < -0.3 is 25.1 Å². The van der Waals surface area contributed by atoms with Crippen molar-refractivity contribution >= 4 is 51.7 Å². The second-order valence-electron chi connectivity index (χ2n) is 16.0. The van der Waals surface area contributed by atoms with Crippen molar-refractivity contribution in [2.45, 2.75) is 97.5 Å². The van der Waals surface area contributed by atoms with E-state index in [0.717, 1.165) is 23.6 Å². The number of benzene rings is 2. The van der Waals surface area contributed by atoms with E-state index in [-0.39, 0.29) is 23.7 Å². The molecule has 6 atom stereocenters. The lowest BCUT2D eigenvalue weighted by Gasteiger charge is -2.62. The Kier molecular flexibility index (Phi) is 9.94. The molecule has 0 unspecified atom stereocenters. The zero-order chi connectivity index (χ0) is 36.2. The molecule has 51 heavy (non-hydrogen) atoms. The largest absolute Gasteiger partial charge is 0.393 e. The van der Waals surface area contributed by atoms with Crippen LogP contribution in [0.15, 0.2) is 46.2 Å². The van der Waals surface area contributed by atoms with Crippen LogP contribution in [0.4, 0.5) is 11.6 Å². The van der Waals surface area contributed by atoms with Crippen LogP contribution in [0, 0.1) is 34.6 Å². The number of halogens is 2. The molecule has 12 heteroatoms. The van der Waals surface area contributed by atoms with Crippen LogP contribution in [0.1, 0.15) is 65.9 Å². The quantitative estimate of drug-likeness (QED) is 0.170. The minimum Gasteiger partial charge on any atom is -0.393 e. The number of rotatable bonds is 6. The first-order valence-electron chi connectivity index (χ1n) is 18.5. The third-order valence-electron chi connectivity index (χ3n) is 12.5. The predicted molar refractivity (Wildman–Crippen MR) is 205 cm³/mol. The third kappa shape index (κ3) is 6.90. The van der Waals surface area contributed by atoms with E-state index in [1.807, 2.05) is 35.2 Å². The van der Waals surface area contributed by atoms with Crippen LogP contribution in [0.3, 0.4) is 0 Å². The third-order valence-corrected chi connectivity index (χ3v) is 13.1. The fourth-order valence-corrected chi connectivity index (χ4v) is 9.75. The van der Waals surface area contributed by atoms with Gasteiger partial charge in [-0.2, -0.15) is 5.26 Å². The number of aliphatic hydroxyl groups excluding tert-OH is 1. The van der Waals surface area contributed by atoms with Crippen molar-refractivity contribution in [3.63, 3.8) is 0 Å². The molecule has 2 saturated heterocycles. The predicted octanol–water partition coefficient (Wildman–Crippen LogP) is 6.43. The summed E-state index contributed by atoms with van der Waals surface area (Å²) in [5, 5.41) is 25.6. The van der Waals surface area contributed by atoms with Crippen molar-refractivity contribution in [3.05, 3.63) is 62.4 Å². The number of nitriles is 1. The van der Waals surface area contributed by atoms with E-state index >= 15 is 0 Å². The first-order chi connectivity index (χ1) is 24.3. The first-order valence-corrected chi connectivity index (χ1v) is 19.3. The second kappa shape index (κ2) is 14.1. The normalized spacial score (nSPS) is 28.1. The summed E-state index contributed by atoms with van der Waals surface area (Å²) in [5.41, 5.74) is 2.48. The van der Waals surface area contributed by atoms with Gasteiger partial charge in [-0.1, -0.05) is 50.0 Å². The van der Waals surface area contributed by atoms with Crippen LogP contribution in [0.25, 0.3) is 10.9 Å². The summed E-state index contributed by atoms with van der Waals surface area (Å²) in [7, 11) is 0. The van der Waals surface area contributed by atoms with Gasteiger partial charge in [0, 0.05) is 48.8 Å². The molecule has 0 spiro atoms. The van der Waals surface area contributed by atoms with Crippen molar-refractivity contribution in [2.75, 3.05) is 31.1 Å². The highest BCUT2D eigenvalue weighted by molar-refractivity contribution is 6.35. The molecule has 10 nitrogen and oxygen atoms in total. The SMILES string of the molecule is C[C@H]1[C@@H](NC(=Nc2ccc3c(=O)n(CCc4ccc(Cl)cc4Cl)c(N4CCC(O)CC4)nc3c2)N2C[C@@H](C)N(C#N)[C@@H](C)C2)C[C@H]2C[C@H]1C2(C)C. The van der Waals surface area contributed by atoms with Crippen molar-refractivity contribution < 1.29 is 5.11 Å². The molecule has 2 N–H and O–H groups in total. The average molecular weight is 734 g/mol. The number of aromatic nitrogens is 2. The number of piperidine rings is 1. The molecule has 0 radical (unpaired) electrons. The van der Waals surface area contributed by atoms with Gasteiger partial charge in [-0.05, 0) is 105 Å². The van der Waals surface area contributed by atoms with Gasteiger partial charge in [-0.15, -0.1) is 0 Å². The summed E-state index contributed by atoms with van der Waals surface area (Å²) in [4.78, 5) is 30.9. The van der Waals surface area contributed by atoms with Gasteiger partial charge in [-0.3, -0.25) is 9.36 Å². The lowest BCUT2D eigenvalue weighted by molar-refractivity contribution is -0.112. The van der Waals surface area contributed by atoms with Crippen LogP contribution >= 0.6 is 23.2 Å². The van der Waals surface area contributed by atoms with Gasteiger partial charge in [0.15, 0.2) is 12.2 Å². The maximum absolute atomic E-state index is 14.2. The van der Waals surface area contributed by atoms with E-state index in [2.05, 4.69) is 55.9 Å². The van der Waals surface area contributed by atoms with E-state index in [0.29, 0.717) is 108 Å². The topological polar surface area (TPSA) is 113 Å². The molecule has 8 rings (SSSR count). The van der Waals surface area contributed by atoms with Crippen molar-refractivity contribution in [1.29, 1.82) is 5.26 Å². The van der Waals surface area contributed by atoms with E-state index in [1.165, 1.54) is 6.42 Å². The summed E-state index contributed by atoms with van der Waals surface area (Å²) in [6.07, 6.45) is 6.21. The molecule has 0 amide bonds. The van der Waals surface area contributed by atoms with Crippen molar-refractivity contribution in [3.8, 4) is 6.19 Å². The molecule has 272 valence electrons. The van der Waals surface area contributed by atoms with E-state index in [4.69, 9.17) is 33.2 Å². The molecule has 3 aromatic rings. The highest BCUT2D eigenvalue weighted by atomic mass is 35.5. The molecule has 3 aliphatic carbocycles. The zero-order valence-electron chi connectivity index (χ0n) is 30.3. The van der Waals surface area contributed by atoms with Gasteiger partial charge in [-0.25, -0.2) is 9.98 Å². The Morgan fingerprint density at radius 1 is 1.08 bits per heavy atom. The molecule has 3 heterocycles. The number of nitrogens with zero attached hydrogens (tertiary/aromatic N) is 7. The smallest absolute Gasteiger partial charge is 0.262 e. The number of anilines is 1. The summed E-state index contributed by atoms with van der Waals surface area (Å²) < 4.78 is 1.75. The molecule has 5 fully saturated rings. The fourth-order valence-electron chi connectivity index (χ4n) is 9.25. The van der Waals surface area contributed by atoms with Crippen LogP contribution < -0.4 is 15.8 Å². The van der Waals surface area contributed by atoms with Gasteiger partial charge in [0.25, 0.3) is 5.56 Å². The minimum absolute atomic E-state index is 0.0481. The van der Waals surface area contributed by atoms with E-state index in [9.17, 15) is 15.2 Å². The number of guanidine groups is 1. The van der Waals surface area contributed by atoms with Crippen LogP contribution in [0.5, 0.6) is 0 Å². The Balaban J connectivity index is 1.25. The zero-order valence-corrected chi connectivity index (χ0v) is 31.8. The van der Waals surface area contributed by atoms with Gasteiger partial charge in [0.2, 0.25) is 5.95 Å². The fraction of sp³-hybridized carbons (Fsp3) is 0.590. The van der Waals surface area contributed by atoms with Gasteiger partial charge >= 0.3 is 0 Å². The molecule has 1 aromatic heterocycles. The molecule has 2 bridgehead atoms. The highest BCUT2D eigenvalue weighted by Gasteiger charge is 2.56. The number of hydrogen-bond donors (Lipinski definition) is 2. The number of aliphatic hydroxyl groups is 1. The van der Waals surface area contributed by atoms with Gasteiger partial charge in [0.05, 0.1) is 34.8 Å². The summed E-state index contributed by atoms with van der Waals surface area (Å²) >= 11 is 12.7. The molecule has 2 aliphatic heterocycles. The Morgan fingerprint density at radius 2 is 1.80 bits per heavy atom. The van der Waals surface area contributed by atoms with E-state index < -0.39 is 0 Å². The summed E-state index contributed by atoms with van der Waals surface area (Å²) in [6, 6.07) is 11.5. The standard InChI is InChI=1S/C39H50Cl2N8O2/c1-23-20-47(21-24(2)49(23)22-42)37(44-34-17-27-16-32(25(34)3)39(27,4)5)43-29-8-9-31-35(19-29)45-38(46-13-11-30(50)12-14-46)48(36(31)51)15-10-26-6-7-28(40)18-33(26)41/h6-9,18-19,23-25,27,30,32,34,50H,10-17,20-21H2,1-5H3,(H,43,44)/t23-,24+,25-,27-,32-,34+/m1/s1.